The lowest BCUT2D eigenvalue weighted by atomic mass is 9.83. The molecule has 3 amide bonds. The molecule has 2 fully saturated rings. The summed E-state index contributed by atoms with van der Waals surface area (Å²) in [7, 11) is 6.02. The number of anilines is 1. The van der Waals surface area contributed by atoms with Gasteiger partial charge in [0.25, 0.3) is 0 Å². The number of alkyl carbamates (subject to hydrolysis) is 1. The molecule has 1 unspecified atom stereocenters. The first-order valence-corrected chi connectivity index (χ1v) is 18.5. The van der Waals surface area contributed by atoms with Gasteiger partial charge in [0.05, 0.1) is 25.3 Å². The molecule has 8 atom stereocenters. The molecular formula is C38H54ClN3O10S. The van der Waals surface area contributed by atoms with E-state index in [0.717, 1.165) is 11.1 Å². The average molecular weight is 780 g/mol. The normalized spacial score (nSPS) is 31.5. The van der Waals surface area contributed by atoms with Crippen molar-refractivity contribution in [2.75, 3.05) is 33.2 Å². The summed E-state index contributed by atoms with van der Waals surface area (Å²) in [5, 5.41) is 14.5. The summed E-state index contributed by atoms with van der Waals surface area (Å²) in [5.41, 5.74) is -0.916. The number of methoxy groups -OCH3 is 2. The van der Waals surface area contributed by atoms with Crippen LogP contribution in [0.15, 0.2) is 35.9 Å². The summed E-state index contributed by atoms with van der Waals surface area (Å²) in [6.07, 6.45) is 1.61. The molecule has 4 bridgehead atoms. The van der Waals surface area contributed by atoms with Crippen molar-refractivity contribution in [1.29, 1.82) is 0 Å². The predicted molar refractivity (Wildman–Crippen MR) is 203 cm³/mol. The minimum absolute atomic E-state index is 0.0509. The van der Waals surface area contributed by atoms with Crippen molar-refractivity contribution in [2.24, 2.45) is 5.92 Å². The number of carbonyl (C=O) groups is 4. The van der Waals surface area contributed by atoms with Crippen molar-refractivity contribution < 1.29 is 48.0 Å². The van der Waals surface area contributed by atoms with Crippen LogP contribution in [-0.2, 0) is 39.8 Å². The van der Waals surface area contributed by atoms with E-state index in [9.17, 15) is 24.3 Å². The highest BCUT2D eigenvalue weighted by Crippen LogP contribution is 2.49. The van der Waals surface area contributed by atoms with Gasteiger partial charge in [0.1, 0.15) is 40.7 Å². The lowest BCUT2D eigenvalue weighted by molar-refractivity contribution is -0.162. The Hall–Kier alpha value is -3.30. The van der Waals surface area contributed by atoms with Crippen LogP contribution >= 0.6 is 24.2 Å². The number of aliphatic hydroxyl groups is 1. The summed E-state index contributed by atoms with van der Waals surface area (Å²) >= 11 is 11.3. The summed E-state index contributed by atoms with van der Waals surface area (Å²) in [6, 6.07) is 2.60. The number of epoxide rings is 1. The third-order valence-corrected chi connectivity index (χ3v) is 11.1. The number of hydrogen-bond donors (Lipinski definition) is 3. The van der Waals surface area contributed by atoms with E-state index in [4.69, 9.17) is 35.3 Å². The Morgan fingerprint density at radius 2 is 1.94 bits per heavy atom. The van der Waals surface area contributed by atoms with E-state index < -0.39 is 65.7 Å². The maximum atomic E-state index is 14.1. The van der Waals surface area contributed by atoms with E-state index in [2.05, 4.69) is 17.9 Å². The highest BCUT2D eigenvalue weighted by atomic mass is 35.5. The van der Waals surface area contributed by atoms with Gasteiger partial charge in [-0.1, -0.05) is 56.2 Å². The van der Waals surface area contributed by atoms with Gasteiger partial charge >= 0.3 is 12.1 Å². The number of fused-ring (bicyclic) bond motifs is 5. The van der Waals surface area contributed by atoms with Gasteiger partial charge in [-0.15, -0.1) is 0 Å². The number of rotatable bonds is 8. The Labute approximate surface area is 322 Å². The van der Waals surface area contributed by atoms with E-state index in [-0.39, 0.29) is 34.9 Å². The van der Waals surface area contributed by atoms with E-state index in [1.54, 1.807) is 52.1 Å². The van der Waals surface area contributed by atoms with Gasteiger partial charge < -0.3 is 38.6 Å². The molecule has 53 heavy (non-hydrogen) atoms. The number of hydrogen-bond acceptors (Lipinski definition) is 11. The van der Waals surface area contributed by atoms with Crippen LogP contribution in [0, 0.1) is 5.92 Å². The standard InChI is InChI=1S/C38H54ClN3O10S/c1-21-12-11-13-28(49-10)38(47)20-27(50-35(46)40-38)22(2)33-37(6,52-33)29(51-34(45)23(3)41(7)30(43)14-15-36(4,5)53)19-31(44)42(8)25-17-24(16-21)18-26(48-9)32(25)39/h11-13,17-18,22-23,27-29,33,47,53H,14-16,19-20H2,1-10H3,(H,40,46)/b13-11+,21-12-/t22-,23+,27+,28-,29?,33+,37+,38+/m1/s1. The third kappa shape index (κ3) is 9.88. The Bertz CT molecular complexity index is 1630. The van der Waals surface area contributed by atoms with Gasteiger partial charge in [-0.25, -0.2) is 9.59 Å². The number of carbonyl (C=O) groups excluding carboxylic acids is 4. The number of likely N-dealkylation sites (N-methyl/N-ethyl adjacent to an activating group) is 1. The quantitative estimate of drug-likeness (QED) is 0.187. The number of esters is 1. The van der Waals surface area contributed by atoms with Gasteiger partial charge in [-0.2, -0.15) is 12.6 Å². The third-order valence-electron chi connectivity index (χ3n) is 10.5. The number of halogens is 1. The molecule has 0 radical (unpaired) electrons. The molecule has 0 aromatic heterocycles. The number of nitrogens with zero attached hydrogens (tertiary/aromatic N) is 2. The molecule has 15 heteroatoms. The van der Waals surface area contributed by atoms with E-state index in [1.807, 2.05) is 26.8 Å². The minimum atomic E-state index is -1.83. The Kier molecular flexibility index (Phi) is 13.3. The van der Waals surface area contributed by atoms with Crippen LogP contribution in [0.2, 0.25) is 5.02 Å². The molecule has 0 aliphatic carbocycles. The number of thiol groups is 1. The topological polar surface area (TPSA) is 156 Å². The average Bonchev–Trinajstić information content (AvgIpc) is 3.78. The van der Waals surface area contributed by atoms with E-state index in [0.29, 0.717) is 24.3 Å². The van der Waals surface area contributed by atoms with Crippen molar-refractivity contribution >= 4 is 53.8 Å². The smallest absolute Gasteiger partial charge is 0.409 e. The molecular weight excluding hydrogens is 726 g/mol. The second-order valence-corrected chi connectivity index (χ2v) is 16.8. The van der Waals surface area contributed by atoms with Crippen LogP contribution in [0.3, 0.4) is 0 Å². The van der Waals surface area contributed by atoms with Crippen LogP contribution in [0.1, 0.15) is 72.8 Å². The van der Waals surface area contributed by atoms with Crippen LogP contribution < -0.4 is 15.0 Å². The summed E-state index contributed by atoms with van der Waals surface area (Å²) < 4.78 is 28.8. The second-order valence-electron chi connectivity index (χ2n) is 15.2. The van der Waals surface area contributed by atoms with Gasteiger partial charge in [0.15, 0.2) is 5.72 Å². The number of ether oxygens (including phenoxy) is 5. The molecule has 1 aromatic carbocycles. The zero-order valence-electron chi connectivity index (χ0n) is 32.2. The van der Waals surface area contributed by atoms with Crippen molar-refractivity contribution in [2.45, 2.75) is 120 Å². The minimum Gasteiger partial charge on any atom is -0.495 e. The fraction of sp³-hybridized carbons (Fsp3) is 0.632. The second kappa shape index (κ2) is 16.6. The van der Waals surface area contributed by atoms with Crippen LogP contribution in [0.5, 0.6) is 5.75 Å². The molecule has 3 aliphatic rings. The highest BCUT2D eigenvalue weighted by molar-refractivity contribution is 7.81. The van der Waals surface area contributed by atoms with Crippen molar-refractivity contribution in [3.8, 4) is 5.75 Å². The monoisotopic (exact) mass is 779 g/mol. The molecule has 13 nitrogen and oxygen atoms in total. The predicted octanol–water partition coefficient (Wildman–Crippen LogP) is 5.00. The SMILES string of the molecule is COc1cc2cc(c1Cl)N(C)C(=O)CC(OC(=O)[C@H](C)N(C)C(=O)CCC(C)(C)S)[C@]1(C)O[C@H]1[C@H](C)[C@@H]1C[C@@](O)(NC(=O)O1)[C@H](OC)/C=C/C=C(/C)C2. The van der Waals surface area contributed by atoms with Gasteiger partial charge in [0, 0.05) is 44.7 Å². The van der Waals surface area contributed by atoms with Crippen LogP contribution in [-0.4, -0.2) is 109 Å². The zero-order chi connectivity index (χ0) is 39.6. The lowest BCUT2D eigenvalue weighted by Gasteiger charge is -2.42. The molecule has 1 aromatic rings. The Morgan fingerprint density at radius 3 is 2.57 bits per heavy atom. The maximum Gasteiger partial charge on any atom is 0.409 e. The summed E-state index contributed by atoms with van der Waals surface area (Å²) in [6.45, 7) is 10.8. The fourth-order valence-corrected chi connectivity index (χ4v) is 7.23. The number of benzene rings is 1. The van der Waals surface area contributed by atoms with Crippen LogP contribution in [0.25, 0.3) is 0 Å². The summed E-state index contributed by atoms with van der Waals surface area (Å²) in [4.78, 5) is 56.5. The lowest BCUT2D eigenvalue weighted by Crippen LogP contribution is -2.63. The molecule has 4 rings (SSSR count). The van der Waals surface area contributed by atoms with Gasteiger partial charge in [0.2, 0.25) is 11.8 Å². The molecule has 294 valence electrons. The number of allylic oxidation sites excluding steroid dienone is 3. The van der Waals surface area contributed by atoms with Crippen molar-refractivity contribution in [3.05, 3.63) is 46.5 Å². The molecule has 2 saturated heterocycles. The molecule has 2 N–H and O–H groups in total. The largest absolute Gasteiger partial charge is 0.495 e. The van der Waals surface area contributed by atoms with E-state index >= 15 is 0 Å². The summed E-state index contributed by atoms with van der Waals surface area (Å²) in [5.74, 6) is -1.58. The van der Waals surface area contributed by atoms with Crippen molar-refractivity contribution in [1.82, 2.24) is 10.2 Å². The molecule has 0 saturated carbocycles. The first kappa shape index (κ1) is 42.4. The highest BCUT2D eigenvalue weighted by Gasteiger charge is 2.64. The van der Waals surface area contributed by atoms with Gasteiger partial charge in [-0.05, 0) is 51.3 Å². The first-order valence-electron chi connectivity index (χ1n) is 17.7. The Balaban J connectivity index is 1.74. The first-order chi connectivity index (χ1) is 24.6. The van der Waals surface area contributed by atoms with Crippen LogP contribution in [0.4, 0.5) is 10.5 Å². The Morgan fingerprint density at radius 1 is 1.26 bits per heavy atom. The fourth-order valence-electron chi connectivity index (χ4n) is 6.81. The number of amides is 3. The number of nitrogens with one attached hydrogen (secondary N) is 1. The molecule has 3 heterocycles. The van der Waals surface area contributed by atoms with Gasteiger partial charge in [-0.3, -0.25) is 14.9 Å². The molecule has 3 aliphatic heterocycles. The molecule has 0 spiro atoms. The maximum absolute atomic E-state index is 14.1. The van der Waals surface area contributed by atoms with Crippen molar-refractivity contribution in [3.63, 3.8) is 0 Å². The zero-order valence-corrected chi connectivity index (χ0v) is 33.9. The van der Waals surface area contributed by atoms with E-state index in [1.165, 1.54) is 31.1 Å².